The Labute approximate surface area is 188 Å². The molecule has 3 heterocycles. The second-order valence-corrected chi connectivity index (χ2v) is 12.5. The highest BCUT2D eigenvalue weighted by molar-refractivity contribution is 7.80. The largest absolute Gasteiger partial charge is 0.467 e. The Morgan fingerprint density at radius 2 is 1.47 bits per heavy atom. The van der Waals surface area contributed by atoms with Crippen molar-refractivity contribution in [3.63, 3.8) is 0 Å². The summed E-state index contributed by atoms with van der Waals surface area (Å²) < 4.78 is 5.71. The molecular weight excluding hydrogens is 392 g/mol. The standard InChI is InChI=1S/C24H42N4OS/c1-21(2)12-17(13-22(3,4)26-21)25-20(30)28(16-19-10-9-11-29-19)18-14-23(5,6)27-24(7,8)15-18/h9-11,17-18,26-27H,12-16H2,1-8H3,(H,25,30). The zero-order valence-corrected chi connectivity index (χ0v) is 21.0. The van der Waals surface area contributed by atoms with E-state index in [1.807, 2.05) is 12.1 Å². The second-order valence-electron chi connectivity index (χ2n) is 12.1. The highest BCUT2D eigenvalue weighted by Gasteiger charge is 2.42. The van der Waals surface area contributed by atoms with Gasteiger partial charge in [-0.3, -0.25) is 0 Å². The molecule has 1 aromatic heterocycles. The molecule has 1 aromatic rings. The van der Waals surface area contributed by atoms with Crippen molar-refractivity contribution in [3.8, 4) is 0 Å². The van der Waals surface area contributed by atoms with E-state index in [9.17, 15) is 0 Å². The minimum Gasteiger partial charge on any atom is -0.467 e. The molecule has 3 N–H and O–H groups in total. The molecule has 0 radical (unpaired) electrons. The maximum absolute atomic E-state index is 6.04. The first kappa shape index (κ1) is 23.6. The van der Waals surface area contributed by atoms with Crippen molar-refractivity contribution >= 4 is 17.3 Å². The molecule has 0 saturated carbocycles. The molecule has 0 unspecified atom stereocenters. The lowest BCUT2D eigenvalue weighted by Crippen LogP contribution is -2.65. The van der Waals surface area contributed by atoms with Gasteiger partial charge in [0.2, 0.25) is 0 Å². The molecule has 170 valence electrons. The number of thiocarbonyl (C=S) groups is 1. The van der Waals surface area contributed by atoms with Gasteiger partial charge in [0.1, 0.15) is 5.76 Å². The SMILES string of the molecule is CC1(C)CC(NC(=S)N(Cc2ccco2)C2CC(C)(C)NC(C)(C)C2)CC(C)(C)N1. The van der Waals surface area contributed by atoms with Crippen LogP contribution in [0.3, 0.4) is 0 Å². The van der Waals surface area contributed by atoms with Crippen LogP contribution in [0, 0.1) is 0 Å². The van der Waals surface area contributed by atoms with E-state index in [0.29, 0.717) is 18.6 Å². The fourth-order valence-corrected chi connectivity index (χ4v) is 6.49. The number of hydrogen-bond acceptors (Lipinski definition) is 4. The van der Waals surface area contributed by atoms with Crippen molar-refractivity contribution in [2.45, 2.75) is 122 Å². The van der Waals surface area contributed by atoms with E-state index in [1.54, 1.807) is 6.26 Å². The first-order valence-corrected chi connectivity index (χ1v) is 11.7. The Hall–Kier alpha value is -1.11. The predicted molar refractivity (Wildman–Crippen MR) is 129 cm³/mol. The lowest BCUT2D eigenvalue weighted by atomic mass is 9.78. The normalized spacial score (nSPS) is 25.6. The third-order valence-electron chi connectivity index (χ3n) is 6.29. The minimum absolute atomic E-state index is 0.0577. The quantitative estimate of drug-likeness (QED) is 0.604. The Morgan fingerprint density at radius 3 is 1.93 bits per heavy atom. The number of nitrogens with zero attached hydrogens (tertiary/aromatic N) is 1. The second kappa shape index (κ2) is 8.10. The molecular formula is C24H42N4OS. The predicted octanol–water partition coefficient (Wildman–Crippen LogP) is 4.57. The molecule has 3 rings (SSSR count). The Balaban J connectivity index is 1.80. The fourth-order valence-electron chi connectivity index (χ4n) is 6.11. The summed E-state index contributed by atoms with van der Waals surface area (Å²) in [7, 11) is 0. The molecule has 0 amide bonds. The smallest absolute Gasteiger partial charge is 0.169 e. The van der Waals surface area contributed by atoms with Crippen LogP contribution in [-0.4, -0.2) is 44.3 Å². The molecule has 0 aromatic carbocycles. The van der Waals surface area contributed by atoms with Gasteiger partial charge < -0.3 is 25.3 Å². The van der Waals surface area contributed by atoms with E-state index in [2.05, 4.69) is 76.2 Å². The van der Waals surface area contributed by atoms with E-state index < -0.39 is 0 Å². The molecule has 2 aliphatic rings. The minimum atomic E-state index is 0.0577. The Kier molecular flexibility index (Phi) is 6.36. The summed E-state index contributed by atoms with van der Waals surface area (Å²) in [5, 5.41) is 12.2. The monoisotopic (exact) mass is 434 g/mol. The topological polar surface area (TPSA) is 52.5 Å². The molecule has 0 spiro atoms. The number of hydrogen-bond donors (Lipinski definition) is 3. The number of piperidine rings is 2. The van der Waals surface area contributed by atoms with E-state index in [1.165, 1.54) is 0 Å². The molecule has 2 saturated heterocycles. The summed E-state index contributed by atoms with van der Waals surface area (Å²) in [5.74, 6) is 0.958. The summed E-state index contributed by atoms with van der Waals surface area (Å²) >= 11 is 6.04. The summed E-state index contributed by atoms with van der Waals surface area (Å²) in [5.41, 5.74) is 0.281. The first-order chi connectivity index (χ1) is 13.7. The molecule has 30 heavy (non-hydrogen) atoms. The lowest BCUT2D eigenvalue weighted by Gasteiger charge is -2.51. The van der Waals surface area contributed by atoms with Crippen LogP contribution in [0.5, 0.6) is 0 Å². The fraction of sp³-hybridized carbons (Fsp3) is 0.792. The van der Waals surface area contributed by atoms with Crippen molar-refractivity contribution in [2.24, 2.45) is 0 Å². The Bertz CT molecular complexity index is 706. The van der Waals surface area contributed by atoms with Crippen LogP contribution in [-0.2, 0) is 6.54 Å². The van der Waals surface area contributed by atoms with Gasteiger partial charge in [0.25, 0.3) is 0 Å². The van der Waals surface area contributed by atoms with Gasteiger partial charge in [0.05, 0.1) is 12.8 Å². The average molecular weight is 435 g/mol. The van der Waals surface area contributed by atoms with Crippen LogP contribution >= 0.6 is 12.2 Å². The molecule has 0 atom stereocenters. The molecule has 2 fully saturated rings. The van der Waals surface area contributed by atoms with Gasteiger partial charge >= 0.3 is 0 Å². The van der Waals surface area contributed by atoms with E-state index in [-0.39, 0.29) is 22.2 Å². The van der Waals surface area contributed by atoms with Crippen molar-refractivity contribution < 1.29 is 4.42 Å². The van der Waals surface area contributed by atoms with Gasteiger partial charge in [-0.15, -0.1) is 0 Å². The van der Waals surface area contributed by atoms with Gasteiger partial charge in [-0.25, -0.2) is 0 Å². The van der Waals surface area contributed by atoms with Crippen molar-refractivity contribution in [1.29, 1.82) is 0 Å². The third-order valence-corrected chi connectivity index (χ3v) is 6.65. The van der Waals surface area contributed by atoms with Crippen molar-refractivity contribution in [3.05, 3.63) is 24.2 Å². The zero-order chi connectivity index (χ0) is 22.4. The zero-order valence-electron chi connectivity index (χ0n) is 20.2. The molecule has 0 bridgehead atoms. The summed E-state index contributed by atoms with van der Waals surface area (Å²) in [6.45, 7) is 19.0. The van der Waals surface area contributed by atoms with Gasteiger partial charge in [-0.05, 0) is 105 Å². The van der Waals surface area contributed by atoms with Crippen LogP contribution in [0.25, 0.3) is 0 Å². The van der Waals surface area contributed by atoms with Crippen LogP contribution in [0.15, 0.2) is 22.8 Å². The summed E-state index contributed by atoms with van der Waals surface area (Å²) in [6.07, 6.45) is 5.94. The van der Waals surface area contributed by atoms with Gasteiger partial charge in [0, 0.05) is 34.2 Å². The van der Waals surface area contributed by atoms with Crippen LogP contribution in [0.4, 0.5) is 0 Å². The molecule has 6 heteroatoms. The molecule has 5 nitrogen and oxygen atoms in total. The lowest BCUT2D eigenvalue weighted by molar-refractivity contribution is 0.0942. The number of nitrogens with one attached hydrogen (secondary N) is 3. The maximum atomic E-state index is 6.04. The van der Waals surface area contributed by atoms with Gasteiger partial charge in [-0.1, -0.05) is 0 Å². The van der Waals surface area contributed by atoms with Crippen LogP contribution in [0.2, 0.25) is 0 Å². The van der Waals surface area contributed by atoms with Gasteiger partial charge in [-0.2, -0.15) is 0 Å². The first-order valence-electron chi connectivity index (χ1n) is 11.3. The molecule has 0 aliphatic carbocycles. The van der Waals surface area contributed by atoms with E-state index in [0.717, 1.165) is 36.6 Å². The third kappa shape index (κ3) is 6.21. The van der Waals surface area contributed by atoms with Crippen LogP contribution < -0.4 is 16.0 Å². The van der Waals surface area contributed by atoms with Gasteiger partial charge in [0.15, 0.2) is 5.11 Å². The maximum Gasteiger partial charge on any atom is 0.169 e. The van der Waals surface area contributed by atoms with Crippen LogP contribution in [0.1, 0.15) is 86.8 Å². The highest BCUT2D eigenvalue weighted by Crippen LogP contribution is 2.33. The number of rotatable bonds is 4. The van der Waals surface area contributed by atoms with Crippen molar-refractivity contribution in [1.82, 2.24) is 20.9 Å². The van der Waals surface area contributed by atoms with E-state index >= 15 is 0 Å². The summed E-state index contributed by atoms with van der Waals surface area (Å²) in [4.78, 5) is 2.38. The van der Waals surface area contributed by atoms with E-state index in [4.69, 9.17) is 16.6 Å². The Morgan fingerprint density at radius 1 is 0.967 bits per heavy atom. The van der Waals surface area contributed by atoms with Crippen molar-refractivity contribution in [2.75, 3.05) is 0 Å². The number of furan rings is 1. The summed E-state index contributed by atoms with van der Waals surface area (Å²) in [6, 6.07) is 4.71. The highest BCUT2D eigenvalue weighted by atomic mass is 32.1. The molecule has 2 aliphatic heterocycles. The average Bonchev–Trinajstić information content (AvgIpc) is 2.98.